The summed E-state index contributed by atoms with van der Waals surface area (Å²) in [7, 11) is 0. The van der Waals surface area contributed by atoms with Crippen LogP contribution in [0.4, 0.5) is 0 Å². The zero-order chi connectivity index (χ0) is 31.4. The van der Waals surface area contributed by atoms with Crippen molar-refractivity contribution in [3.63, 3.8) is 0 Å². The van der Waals surface area contributed by atoms with Gasteiger partial charge in [0.25, 0.3) is 0 Å². The average Bonchev–Trinajstić information content (AvgIpc) is 3.65. The van der Waals surface area contributed by atoms with E-state index in [-0.39, 0.29) is 12.8 Å². The first-order chi connectivity index (χ1) is 20.5. The largest absolute Gasteiger partial charge is 0.481 e. The van der Waals surface area contributed by atoms with Gasteiger partial charge in [-0.1, -0.05) is 20.4 Å². The normalized spacial score (nSPS) is 17.0. The van der Waals surface area contributed by atoms with Crippen LogP contribution in [0.1, 0.15) is 87.0 Å². The molecule has 4 rings (SSSR count). The second-order valence-electron chi connectivity index (χ2n) is 11.2. The maximum atomic E-state index is 11.5. The Morgan fingerprint density at radius 1 is 0.814 bits per heavy atom. The van der Waals surface area contributed by atoms with E-state index in [1.807, 2.05) is 19.9 Å². The molecule has 0 aromatic carbocycles. The second-order valence-corrected chi connectivity index (χ2v) is 11.2. The minimum Gasteiger partial charge on any atom is -0.481 e. The second kappa shape index (κ2) is 13.2. The predicted molar refractivity (Wildman–Crippen MR) is 174 cm³/mol. The van der Waals surface area contributed by atoms with Crippen LogP contribution in [0, 0.1) is 13.8 Å². The summed E-state index contributed by atoms with van der Waals surface area (Å²) in [6.07, 6.45) is 10.5. The van der Waals surface area contributed by atoms with Crippen molar-refractivity contribution in [3.8, 4) is 0 Å². The van der Waals surface area contributed by atoms with E-state index >= 15 is 0 Å². The molecule has 8 heteroatoms. The lowest BCUT2D eigenvalue weighted by Gasteiger charge is -2.04. The molecule has 0 fully saturated rings. The summed E-state index contributed by atoms with van der Waals surface area (Å²) in [6.45, 7) is 16.9. The minimum absolute atomic E-state index is 0.00559. The number of rotatable bonds is 12. The topological polar surface area (TPSA) is 131 Å². The van der Waals surface area contributed by atoms with E-state index in [9.17, 15) is 19.8 Å². The zero-order valence-corrected chi connectivity index (χ0v) is 26.1. The summed E-state index contributed by atoms with van der Waals surface area (Å²) >= 11 is 0. The molecular formula is C35H42N4O4. The van der Waals surface area contributed by atoms with E-state index in [1.54, 1.807) is 6.08 Å². The lowest BCUT2D eigenvalue weighted by atomic mass is 10.00. The molecule has 0 aliphatic carbocycles. The number of allylic oxidation sites excluding steroid dienone is 4. The van der Waals surface area contributed by atoms with E-state index < -0.39 is 11.9 Å². The van der Waals surface area contributed by atoms with Crippen molar-refractivity contribution in [2.75, 3.05) is 6.54 Å². The van der Waals surface area contributed by atoms with Crippen molar-refractivity contribution in [1.29, 1.82) is 0 Å². The van der Waals surface area contributed by atoms with E-state index in [4.69, 9.17) is 4.99 Å². The first-order valence-electron chi connectivity index (χ1n) is 14.9. The smallest absolute Gasteiger partial charge is 0.303 e. The number of hydrogen-bond acceptors (Lipinski definition) is 4. The van der Waals surface area contributed by atoms with Gasteiger partial charge in [0.05, 0.1) is 23.7 Å². The maximum absolute atomic E-state index is 11.5. The van der Waals surface area contributed by atoms with Crippen molar-refractivity contribution < 1.29 is 19.8 Å². The van der Waals surface area contributed by atoms with Crippen LogP contribution >= 0.6 is 0 Å². The van der Waals surface area contributed by atoms with Crippen molar-refractivity contribution >= 4 is 41.6 Å². The number of nitrogens with zero attached hydrogens (tertiary/aromatic N) is 2. The minimum atomic E-state index is -0.857. The quantitative estimate of drug-likeness (QED) is 0.263. The molecular weight excluding hydrogens is 540 g/mol. The lowest BCUT2D eigenvalue weighted by Crippen LogP contribution is -2.16. The van der Waals surface area contributed by atoms with E-state index in [0.717, 1.165) is 79.9 Å². The standard InChI is InChI=1S/C35H42N4O4/c1-8-23-20(5)27(10-3)37-31(23)15-28-21(6)24(9-2)32(38-28)16-29-22(7)26(12-14-35(42)43)33(39-29)17-30-25(11-13-34(40)41)19(4)18-36-30/h10,15-17,38-39H,3,8-9,11-14,18H2,1-2,4-7H3,(H,40,41)(H,42,43)/b29-16-,31-15?,33-17-. The van der Waals surface area contributed by atoms with Crippen LogP contribution in [0.15, 0.2) is 50.6 Å². The van der Waals surface area contributed by atoms with Crippen molar-refractivity contribution in [2.45, 2.75) is 80.1 Å². The molecule has 0 bridgehead atoms. The fraction of sp³-hybridized carbons (Fsp3) is 0.371. The third kappa shape index (κ3) is 6.63. The number of carboxylic acids is 2. The molecule has 2 aliphatic rings. The third-order valence-electron chi connectivity index (χ3n) is 8.53. The molecule has 0 radical (unpaired) electrons. The third-order valence-corrected chi connectivity index (χ3v) is 8.53. The molecule has 0 saturated carbocycles. The van der Waals surface area contributed by atoms with Crippen LogP contribution in [0.2, 0.25) is 0 Å². The molecule has 226 valence electrons. The molecule has 0 amide bonds. The Morgan fingerprint density at radius 3 is 2.14 bits per heavy atom. The molecule has 43 heavy (non-hydrogen) atoms. The van der Waals surface area contributed by atoms with Crippen LogP contribution in [0.3, 0.4) is 0 Å². The Labute approximate surface area is 252 Å². The van der Waals surface area contributed by atoms with Gasteiger partial charge >= 0.3 is 11.9 Å². The molecule has 4 N–H and O–H groups in total. The number of nitrogens with one attached hydrogen (secondary N) is 2. The Hall–Kier alpha value is -4.46. The summed E-state index contributed by atoms with van der Waals surface area (Å²) in [5.74, 6) is -1.70. The first kappa shape index (κ1) is 31.5. The van der Waals surface area contributed by atoms with Gasteiger partial charge in [0, 0.05) is 34.9 Å². The van der Waals surface area contributed by atoms with Crippen molar-refractivity contribution in [2.24, 2.45) is 9.98 Å². The number of aromatic nitrogens is 2. The number of aromatic amines is 2. The van der Waals surface area contributed by atoms with Crippen LogP contribution < -0.4 is 10.7 Å². The Kier molecular flexibility index (Phi) is 9.69. The highest BCUT2D eigenvalue weighted by Gasteiger charge is 2.20. The SMILES string of the molecule is C=CC1=NC(=Cc2[nH]c(/C=c3\[nH]/c(=C\C4=NCC(C)=C4CCC(=O)O)c(CCC(=O)O)c3C)c(CC)c2C)C(CC)=C1C. The van der Waals surface area contributed by atoms with Gasteiger partial charge in [0.1, 0.15) is 0 Å². The number of H-pyrrole nitrogens is 2. The highest BCUT2D eigenvalue weighted by molar-refractivity contribution is 6.22. The molecule has 0 atom stereocenters. The molecule has 0 spiro atoms. The van der Waals surface area contributed by atoms with Gasteiger partial charge in [0.15, 0.2) is 0 Å². The van der Waals surface area contributed by atoms with E-state index in [1.165, 1.54) is 16.7 Å². The van der Waals surface area contributed by atoms with Gasteiger partial charge in [0.2, 0.25) is 0 Å². The van der Waals surface area contributed by atoms with Gasteiger partial charge < -0.3 is 20.2 Å². The average molecular weight is 583 g/mol. The van der Waals surface area contributed by atoms with Gasteiger partial charge in [-0.05, 0) is 122 Å². The fourth-order valence-electron chi connectivity index (χ4n) is 6.03. The predicted octanol–water partition coefficient (Wildman–Crippen LogP) is 5.49. The van der Waals surface area contributed by atoms with Crippen LogP contribution in [0.5, 0.6) is 0 Å². The lowest BCUT2D eigenvalue weighted by molar-refractivity contribution is -0.137. The zero-order valence-electron chi connectivity index (χ0n) is 26.1. The maximum Gasteiger partial charge on any atom is 0.303 e. The van der Waals surface area contributed by atoms with Crippen LogP contribution in [-0.4, -0.2) is 50.1 Å². The number of carbonyl (C=O) groups is 2. The van der Waals surface area contributed by atoms with Gasteiger partial charge in [-0.3, -0.25) is 14.6 Å². The number of aliphatic carboxylic acids is 2. The summed E-state index contributed by atoms with van der Waals surface area (Å²) in [5, 5.41) is 20.4. The Balaban J connectivity index is 1.83. The highest BCUT2D eigenvalue weighted by Crippen LogP contribution is 2.31. The van der Waals surface area contributed by atoms with Crippen LogP contribution in [-0.2, 0) is 22.4 Å². The summed E-state index contributed by atoms with van der Waals surface area (Å²) in [6, 6.07) is 0. The molecule has 0 unspecified atom stereocenters. The monoisotopic (exact) mass is 582 g/mol. The van der Waals surface area contributed by atoms with E-state index in [0.29, 0.717) is 19.4 Å². The Bertz CT molecular complexity index is 1770. The fourth-order valence-corrected chi connectivity index (χ4v) is 6.03. The number of aliphatic imine (C=N–C) groups is 2. The molecule has 8 nitrogen and oxygen atoms in total. The van der Waals surface area contributed by atoms with Gasteiger partial charge in [-0.25, -0.2) is 4.99 Å². The highest BCUT2D eigenvalue weighted by atomic mass is 16.4. The van der Waals surface area contributed by atoms with Crippen molar-refractivity contribution in [1.82, 2.24) is 9.97 Å². The molecule has 2 aromatic heterocycles. The molecule has 2 aromatic rings. The summed E-state index contributed by atoms with van der Waals surface area (Å²) < 4.78 is 0. The molecule has 2 aliphatic heterocycles. The first-order valence-corrected chi connectivity index (χ1v) is 14.9. The molecule has 0 saturated heterocycles. The van der Waals surface area contributed by atoms with Gasteiger partial charge in [-0.2, -0.15) is 0 Å². The van der Waals surface area contributed by atoms with E-state index in [2.05, 4.69) is 61.4 Å². The number of carboxylic acid groups (broad SMARTS) is 2. The number of hydrogen-bond donors (Lipinski definition) is 4. The molecule has 4 heterocycles. The van der Waals surface area contributed by atoms with Crippen molar-refractivity contribution in [3.05, 3.63) is 85.0 Å². The summed E-state index contributed by atoms with van der Waals surface area (Å²) in [4.78, 5) is 39.4. The summed E-state index contributed by atoms with van der Waals surface area (Å²) in [5.41, 5.74) is 13.3. The van der Waals surface area contributed by atoms with Gasteiger partial charge in [-0.15, -0.1) is 0 Å². The Morgan fingerprint density at radius 2 is 1.51 bits per heavy atom. The van der Waals surface area contributed by atoms with Crippen LogP contribution in [0.25, 0.3) is 18.2 Å².